The standard InChI is InChI=1S/C13H11N3OS/c1-2-9-4-3-5-10(6-9)15-13(17)11-8-18-12(7-14)16-11/h1,3-6,8H,7,14H2,(H,15,17). The zero-order chi connectivity index (χ0) is 13.0. The highest BCUT2D eigenvalue weighted by atomic mass is 32.1. The smallest absolute Gasteiger partial charge is 0.275 e. The van der Waals surface area contributed by atoms with E-state index in [2.05, 4.69) is 16.2 Å². The number of carbonyl (C=O) groups excluding carboxylic acids is 1. The third-order valence-electron chi connectivity index (χ3n) is 2.25. The fourth-order valence-corrected chi connectivity index (χ4v) is 2.05. The van der Waals surface area contributed by atoms with Gasteiger partial charge in [-0.05, 0) is 18.2 Å². The first kappa shape index (κ1) is 12.3. The Morgan fingerprint density at radius 2 is 2.39 bits per heavy atom. The molecule has 0 saturated heterocycles. The number of nitrogens with two attached hydrogens (primary N) is 1. The number of carbonyl (C=O) groups is 1. The zero-order valence-electron chi connectivity index (χ0n) is 9.51. The maximum Gasteiger partial charge on any atom is 0.275 e. The molecule has 1 aromatic carbocycles. The lowest BCUT2D eigenvalue weighted by molar-refractivity contribution is 0.102. The van der Waals surface area contributed by atoms with Crippen LogP contribution < -0.4 is 11.1 Å². The first-order valence-corrected chi connectivity index (χ1v) is 6.13. The molecule has 0 atom stereocenters. The van der Waals surface area contributed by atoms with Crippen LogP contribution in [-0.4, -0.2) is 10.9 Å². The molecule has 1 heterocycles. The number of nitrogens with one attached hydrogen (secondary N) is 1. The molecule has 18 heavy (non-hydrogen) atoms. The van der Waals surface area contributed by atoms with E-state index >= 15 is 0 Å². The average Bonchev–Trinajstić information content (AvgIpc) is 2.88. The number of amides is 1. The summed E-state index contributed by atoms with van der Waals surface area (Å²) < 4.78 is 0. The lowest BCUT2D eigenvalue weighted by atomic mass is 10.2. The van der Waals surface area contributed by atoms with Gasteiger partial charge in [-0.25, -0.2) is 4.98 Å². The highest BCUT2D eigenvalue weighted by Gasteiger charge is 2.10. The summed E-state index contributed by atoms with van der Waals surface area (Å²) in [5.41, 5.74) is 7.18. The van der Waals surface area contributed by atoms with Gasteiger partial charge in [0, 0.05) is 23.2 Å². The van der Waals surface area contributed by atoms with E-state index in [1.807, 2.05) is 0 Å². The zero-order valence-corrected chi connectivity index (χ0v) is 10.3. The van der Waals surface area contributed by atoms with E-state index in [1.165, 1.54) is 11.3 Å². The monoisotopic (exact) mass is 257 g/mol. The summed E-state index contributed by atoms with van der Waals surface area (Å²) in [6.07, 6.45) is 5.29. The molecule has 0 spiro atoms. The van der Waals surface area contributed by atoms with E-state index in [1.54, 1.807) is 29.6 Å². The second kappa shape index (κ2) is 5.45. The number of hydrogen-bond acceptors (Lipinski definition) is 4. The van der Waals surface area contributed by atoms with Gasteiger partial charge in [-0.1, -0.05) is 12.0 Å². The van der Waals surface area contributed by atoms with Crippen LogP contribution in [0.2, 0.25) is 0 Å². The molecule has 4 nitrogen and oxygen atoms in total. The van der Waals surface area contributed by atoms with Crippen LogP contribution in [0, 0.1) is 12.3 Å². The fraction of sp³-hybridized carbons (Fsp3) is 0.0769. The quantitative estimate of drug-likeness (QED) is 0.824. The summed E-state index contributed by atoms with van der Waals surface area (Å²) in [7, 11) is 0. The van der Waals surface area contributed by atoms with Crippen LogP contribution in [0.4, 0.5) is 5.69 Å². The lowest BCUT2D eigenvalue weighted by Crippen LogP contribution is -2.12. The van der Waals surface area contributed by atoms with Crippen molar-refractivity contribution in [3.05, 3.63) is 45.9 Å². The Labute approximate surface area is 109 Å². The Bertz CT molecular complexity index is 613. The maximum atomic E-state index is 11.9. The van der Waals surface area contributed by atoms with E-state index in [4.69, 9.17) is 12.2 Å². The van der Waals surface area contributed by atoms with Gasteiger partial charge in [0.05, 0.1) is 0 Å². The maximum absolute atomic E-state index is 11.9. The van der Waals surface area contributed by atoms with Crippen LogP contribution in [0.5, 0.6) is 0 Å². The summed E-state index contributed by atoms with van der Waals surface area (Å²) in [4.78, 5) is 16.0. The van der Waals surface area contributed by atoms with Crippen LogP contribution in [-0.2, 0) is 6.54 Å². The second-order valence-corrected chi connectivity index (χ2v) is 4.45. The predicted octanol–water partition coefficient (Wildman–Crippen LogP) is 1.84. The van der Waals surface area contributed by atoms with E-state index in [-0.39, 0.29) is 5.91 Å². The van der Waals surface area contributed by atoms with Crippen molar-refractivity contribution in [1.29, 1.82) is 0 Å². The van der Waals surface area contributed by atoms with Crippen LogP contribution in [0.25, 0.3) is 0 Å². The number of thiazole rings is 1. The number of terminal acetylenes is 1. The minimum atomic E-state index is -0.264. The van der Waals surface area contributed by atoms with E-state index in [9.17, 15) is 4.79 Å². The molecule has 0 bridgehead atoms. The average molecular weight is 257 g/mol. The van der Waals surface area contributed by atoms with Crippen LogP contribution >= 0.6 is 11.3 Å². The van der Waals surface area contributed by atoms with Crippen LogP contribution in [0.3, 0.4) is 0 Å². The Hall–Kier alpha value is -2.16. The van der Waals surface area contributed by atoms with Crippen molar-refractivity contribution in [1.82, 2.24) is 4.98 Å². The van der Waals surface area contributed by atoms with Crippen molar-refractivity contribution in [2.75, 3.05) is 5.32 Å². The lowest BCUT2D eigenvalue weighted by Gasteiger charge is -2.03. The molecule has 0 unspecified atom stereocenters. The Balaban J connectivity index is 2.13. The first-order chi connectivity index (χ1) is 8.72. The van der Waals surface area contributed by atoms with Crippen LogP contribution in [0.1, 0.15) is 21.1 Å². The summed E-state index contributed by atoms with van der Waals surface area (Å²) >= 11 is 1.37. The van der Waals surface area contributed by atoms with Gasteiger partial charge in [0.15, 0.2) is 0 Å². The topological polar surface area (TPSA) is 68.0 Å². The third-order valence-corrected chi connectivity index (χ3v) is 3.12. The van der Waals surface area contributed by atoms with E-state index in [0.717, 1.165) is 5.01 Å². The molecule has 2 rings (SSSR count). The molecule has 0 aliphatic carbocycles. The Morgan fingerprint density at radius 3 is 3.06 bits per heavy atom. The fourth-order valence-electron chi connectivity index (χ4n) is 1.39. The molecule has 2 aromatic rings. The Morgan fingerprint density at radius 1 is 1.56 bits per heavy atom. The number of benzene rings is 1. The van der Waals surface area contributed by atoms with Gasteiger partial charge in [-0.2, -0.15) is 0 Å². The van der Waals surface area contributed by atoms with Crippen molar-refractivity contribution in [2.24, 2.45) is 5.73 Å². The molecule has 0 radical (unpaired) electrons. The van der Waals surface area contributed by atoms with Crippen molar-refractivity contribution in [3.8, 4) is 12.3 Å². The Kier molecular flexibility index (Phi) is 3.72. The predicted molar refractivity (Wildman–Crippen MR) is 72.3 cm³/mol. The summed E-state index contributed by atoms with van der Waals surface area (Å²) in [6.45, 7) is 0.338. The minimum Gasteiger partial charge on any atom is -0.325 e. The summed E-state index contributed by atoms with van der Waals surface area (Å²) in [6, 6.07) is 7.09. The van der Waals surface area contributed by atoms with E-state index < -0.39 is 0 Å². The molecule has 1 aromatic heterocycles. The molecule has 0 aliphatic heterocycles. The van der Waals surface area contributed by atoms with Crippen molar-refractivity contribution >= 4 is 22.9 Å². The van der Waals surface area contributed by atoms with Gasteiger partial charge >= 0.3 is 0 Å². The van der Waals surface area contributed by atoms with Gasteiger partial charge < -0.3 is 11.1 Å². The van der Waals surface area contributed by atoms with Crippen molar-refractivity contribution < 1.29 is 4.79 Å². The number of anilines is 1. The normalized spacial score (nSPS) is 9.78. The van der Waals surface area contributed by atoms with Gasteiger partial charge in [0.25, 0.3) is 5.91 Å². The number of aromatic nitrogens is 1. The largest absolute Gasteiger partial charge is 0.325 e. The van der Waals surface area contributed by atoms with Crippen molar-refractivity contribution in [3.63, 3.8) is 0 Å². The highest BCUT2D eigenvalue weighted by Crippen LogP contribution is 2.13. The molecular weight excluding hydrogens is 246 g/mol. The van der Waals surface area contributed by atoms with Crippen molar-refractivity contribution in [2.45, 2.75) is 6.54 Å². The molecule has 1 amide bonds. The molecule has 0 aliphatic rings. The molecule has 90 valence electrons. The van der Waals surface area contributed by atoms with Crippen LogP contribution in [0.15, 0.2) is 29.6 Å². The molecular formula is C13H11N3OS. The SMILES string of the molecule is C#Cc1cccc(NC(=O)c2csc(CN)n2)c1. The third kappa shape index (κ3) is 2.74. The van der Waals surface area contributed by atoms with E-state index in [0.29, 0.717) is 23.5 Å². The second-order valence-electron chi connectivity index (χ2n) is 3.51. The molecule has 3 N–H and O–H groups in total. The molecule has 0 fully saturated rings. The minimum absolute atomic E-state index is 0.264. The highest BCUT2D eigenvalue weighted by molar-refractivity contribution is 7.09. The summed E-state index contributed by atoms with van der Waals surface area (Å²) in [5.74, 6) is 2.25. The number of rotatable bonds is 3. The van der Waals surface area contributed by atoms with Gasteiger partial charge in [0.1, 0.15) is 10.7 Å². The number of hydrogen-bond donors (Lipinski definition) is 2. The molecule has 0 saturated carbocycles. The van der Waals surface area contributed by atoms with Gasteiger partial charge in [-0.15, -0.1) is 17.8 Å². The number of nitrogens with zero attached hydrogens (tertiary/aromatic N) is 1. The first-order valence-electron chi connectivity index (χ1n) is 5.25. The van der Waals surface area contributed by atoms with Gasteiger partial charge in [-0.3, -0.25) is 4.79 Å². The molecule has 5 heteroatoms. The van der Waals surface area contributed by atoms with Gasteiger partial charge in [0.2, 0.25) is 0 Å². The summed E-state index contributed by atoms with van der Waals surface area (Å²) in [5, 5.41) is 5.16.